The first kappa shape index (κ1) is 16.6. The zero-order chi connectivity index (χ0) is 15.4. The molecule has 1 rings (SSSR count). The van der Waals surface area contributed by atoms with Crippen molar-refractivity contribution < 1.29 is 13.5 Å². The lowest BCUT2D eigenvalue weighted by Crippen LogP contribution is -2.49. The van der Waals surface area contributed by atoms with Crippen LogP contribution in [0.3, 0.4) is 0 Å². The fraction of sp³-hybridized carbons (Fsp3) is 0.500. The standard InChI is InChI=1S/C14H20N2O3S/c1-11(17)14(2,3)16-7-8-20(18,19)13-6-4-5-12(9-13)10-15/h4-6,9,11,16-17H,7-8H2,1-3H3. The van der Waals surface area contributed by atoms with Crippen molar-refractivity contribution >= 4 is 9.84 Å². The van der Waals surface area contributed by atoms with E-state index in [1.54, 1.807) is 32.9 Å². The Labute approximate surface area is 120 Å². The molecule has 0 radical (unpaired) electrons. The van der Waals surface area contributed by atoms with E-state index in [0.29, 0.717) is 5.56 Å². The molecule has 2 N–H and O–H groups in total. The van der Waals surface area contributed by atoms with Gasteiger partial charge in [0.25, 0.3) is 0 Å². The topological polar surface area (TPSA) is 90.2 Å². The molecule has 0 saturated carbocycles. The largest absolute Gasteiger partial charge is 0.392 e. The predicted molar refractivity (Wildman–Crippen MR) is 77.0 cm³/mol. The van der Waals surface area contributed by atoms with Gasteiger partial charge in [-0.25, -0.2) is 8.42 Å². The summed E-state index contributed by atoms with van der Waals surface area (Å²) in [5.74, 6) is -0.0853. The second kappa shape index (κ2) is 6.35. The van der Waals surface area contributed by atoms with E-state index in [1.165, 1.54) is 12.1 Å². The van der Waals surface area contributed by atoms with Gasteiger partial charge in [0.1, 0.15) is 0 Å². The number of aliphatic hydroxyl groups is 1. The number of sulfone groups is 1. The average molecular weight is 296 g/mol. The summed E-state index contributed by atoms with van der Waals surface area (Å²) in [4.78, 5) is 0.146. The molecular formula is C14H20N2O3S. The molecular weight excluding hydrogens is 276 g/mol. The van der Waals surface area contributed by atoms with E-state index in [-0.39, 0.29) is 17.2 Å². The van der Waals surface area contributed by atoms with Crippen molar-refractivity contribution in [3.8, 4) is 6.07 Å². The molecule has 5 nitrogen and oxygen atoms in total. The van der Waals surface area contributed by atoms with Crippen LogP contribution in [-0.2, 0) is 9.84 Å². The quantitative estimate of drug-likeness (QED) is 0.820. The van der Waals surface area contributed by atoms with Crippen molar-refractivity contribution in [3.63, 3.8) is 0 Å². The molecule has 1 aromatic rings. The smallest absolute Gasteiger partial charge is 0.179 e. The van der Waals surface area contributed by atoms with Crippen LogP contribution in [0.1, 0.15) is 26.3 Å². The molecule has 0 aliphatic heterocycles. The molecule has 20 heavy (non-hydrogen) atoms. The summed E-state index contributed by atoms with van der Waals surface area (Å²) in [7, 11) is -3.44. The third-order valence-corrected chi connectivity index (χ3v) is 5.03. The van der Waals surface area contributed by atoms with Crippen molar-refractivity contribution in [2.75, 3.05) is 12.3 Å². The molecule has 0 fully saturated rings. The van der Waals surface area contributed by atoms with E-state index in [1.807, 2.05) is 6.07 Å². The average Bonchev–Trinajstić information content (AvgIpc) is 2.38. The molecule has 0 saturated heterocycles. The van der Waals surface area contributed by atoms with Crippen molar-refractivity contribution in [2.24, 2.45) is 0 Å². The molecule has 1 atom stereocenters. The summed E-state index contributed by atoms with van der Waals surface area (Å²) in [6.07, 6.45) is -0.591. The molecule has 0 bridgehead atoms. The van der Waals surface area contributed by atoms with Gasteiger partial charge in [-0.3, -0.25) is 0 Å². The molecule has 0 aliphatic carbocycles. The van der Waals surface area contributed by atoms with Crippen LogP contribution >= 0.6 is 0 Å². The number of aliphatic hydroxyl groups excluding tert-OH is 1. The summed E-state index contributed by atoms with van der Waals surface area (Å²) >= 11 is 0. The number of nitriles is 1. The second-order valence-corrected chi connectivity index (χ2v) is 7.39. The highest BCUT2D eigenvalue weighted by molar-refractivity contribution is 7.91. The van der Waals surface area contributed by atoms with Gasteiger partial charge in [0.05, 0.1) is 28.4 Å². The Morgan fingerprint density at radius 3 is 2.65 bits per heavy atom. The van der Waals surface area contributed by atoms with E-state index in [0.717, 1.165) is 0 Å². The highest BCUT2D eigenvalue weighted by Crippen LogP contribution is 2.13. The third kappa shape index (κ3) is 4.30. The van der Waals surface area contributed by atoms with Crippen LogP contribution in [0.2, 0.25) is 0 Å². The normalized spacial score (nSPS) is 13.8. The van der Waals surface area contributed by atoms with Gasteiger partial charge >= 0.3 is 0 Å². The van der Waals surface area contributed by atoms with Crippen LogP contribution in [0, 0.1) is 11.3 Å². The minimum atomic E-state index is -3.44. The van der Waals surface area contributed by atoms with E-state index in [2.05, 4.69) is 5.32 Å². The first-order chi connectivity index (χ1) is 9.19. The van der Waals surface area contributed by atoms with Crippen LogP contribution in [0.25, 0.3) is 0 Å². The van der Waals surface area contributed by atoms with Crippen LogP contribution < -0.4 is 5.32 Å². The maximum absolute atomic E-state index is 12.1. The van der Waals surface area contributed by atoms with Gasteiger partial charge in [-0.2, -0.15) is 5.26 Å². The monoisotopic (exact) mass is 296 g/mol. The van der Waals surface area contributed by atoms with Crippen molar-refractivity contribution in [2.45, 2.75) is 37.3 Å². The Morgan fingerprint density at radius 2 is 2.10 bits per heavy atom. The number of nitrogens with one attached hydrogen (secondary N) is 1. The van der Waals surface area contributed by atoms with Gasteiger partial charge in [-0.15, -0.1) is 0 Å². The lowest BCUT2D eigenvalue weighted by atomic mass is 9.99. The number of hydrogen-bond acceptors (Lipinski definition) is 5. The first-order valence-corrected chi connectivity index (χ1v) is 8.00. The summed E-state index contributed by atoms with van der Waals surface area (Å²) in [5.41, 5.74) is -0.229. The van der Waals surface area contributed by atoms with E-state index in [4.69, 9.17) is 5.26 Å². The minimum Gasteiger partial charge on any atom is -0.392 e. The third-order valence-electron chi connectivity index (χ3n) is 3.32. The van der Waals surface area contributed by atoms with Gasteiger partial charge in [-0.1, -0.05) is 6.07 Å². The number of benzene rings is 1. The maximum Gasteiger partial charge on any atom is 0.179 e. The van der Waals surface area contributed by atoms with Gasteiger partial charge in [-0.05, 0) is 39.0 Å². The molecule has 0 amide bonds. The van der Waals surface area contributed by atoms with Crippen LogP contribution in [0.5, 0.6) is 0 Å². The Balaban J connectivity index is 2.74. The van der Waals surface area contributed by atoms with Gasteiger partial charge in [0.15, 0.2) is 9.84 Å². The van der Waals surface area contributed by atoms with E-state index < -0.39 is 21.5 Å². The lowest BCUT2D eigenvalue weighted by molar-refractivity contribution is 0.0983. The van der Waals surface area contributed by atoms with Crippen LogP contribution in [-0.4, -0.2) is 37.5 Å². The predicted octanol–water partition coefficient (Wildman–Crippen LogP) is 1.08. The van der Waals surface area contributed by atoms with E-state index in [9.17, 15) is 13.5 Å². The van der Waals surface area contributed by atoms with Crippen LogP contribution in [0.4, 0.5) is 0 Å². The maximum atomic E-state index is 12.1. The zero-order valence-corrected chi connectivity index (χ0v) is 12.7. The second-order valence-electron chi connectivity index (χ2n) is 5.28. The van der Waals surface area contributed by atoms with Crippen LogP contribution in [0.15, 0.2) is 29.2 Å². The Morgan fingerprint density at radius 1 is 1.45 bits per heavy atom. The van der Waals surface area contributed by atoms with Gasteiger partial charge < -0.3 is 10.4 Å². The molecule has 110 valence electrons. The van der Waals surface area contributed by atoms with Crippen molar-refractivity contribution in [3.05, 3.63) is 29.8 Å². The summed E-state index contributed by atoms with van der Waals surface area (Å²) in [5, 5.41) is 21.4. The van der Waals surface area contributed by atoms with Gasteiger partial charge in [0, 0.05) is 12.1 Å². The first-order valence-electron chi connectivity index (χ1n) is 6.35. The Hall–Kier alpha value is -1.42. The fourth-order valence-electron chi connectivity index (χ4n) is 1.53. The number of rotatable bonds is 6. The minimum absolute atomic E-state index is 0.0853. The van der Waals surface area contributed by atoms with Crippen molar-refractivity contribution in [1.82, 2.24) is 5.32 Å². The Kier molecular flexibility index (Phi) is 5.28. The summed E-state index contributed by atoms with van der Waals surface area (Å²) < 4.78 is 24.3. The molecule has 1 unspecified atom stereocenters. The highest BCUT2D eigenvalue weighted by Gasteiger charge is 2.24. The molecule has 0 aromatic heterocycles. The highest BCUT2D eigenvalue weighted by atomic mass is 32.2. The lowest BCUT2D eigenvalue weighted by Gasteiger charge is -2.29. The zero-order valence-electron chi connectivity index (χ0n) is 11.9. The Bertz CT molecular complexity index is 601. The number of nitrogens with zero attached hydrogens (tertiary/aromatic N) is 1. The van der Waals surface area contributed by atoms with Crippen molar-refractivity contribution in [1.29, 1.82) is 5.26 Å². The summed E-state index contributed by atoms with van der Waals surface area (Å²) in [6, 6.07) is 7.89. The molecule has 1 aromatic carbocycles. The molecule has 0 spiro atoms. The SMILES string of the molecule is CC(O)C(C)(C)NCCS(=O)(=O)c1cccc(C#N)c1. The van der Waals surface area contributed by atoms with E-state index >= 15 is 0 Å². The summed E-state index contributed by atoms with van der Waals surface area (Å²) in [6.45, 7) is 5.50. The fourth-order valence-corrected chi connectivity index (χ4v) is 2.73. The van der Waals surface area contributed by atoms with Gasteiger partial charge in [0.2, 0.25) is 0 Å². The molecule has 6 heteroatoms. The molecule has 0 aliphatic rings. The number of hydrogen-bond donors (Lipinski definition) is 2. The molecule has 0 heterocycles.